The van der Waals surface area contributed by atoms with Crippen LogP contribution in [0.3, 0.4) is 0 Å². The Bertz CT molecular complexity index is 1340. The van der Waals surface area contributed by atoms with Crippen molar-refractivity contribution in [1.29, 1.82) is 0 Å². The van der Waals surface area contributed by atoms with Crippen molar-refractivity contribution >= 4 is 28.2 Å². The highest BCUT2D eigenvalue weighted by molar-refractivity contribution is 6.31. The Balaban J connectivity index is 0.000000236. The van der Waals surface area contributed by atoms with Crippen molar-refractivity contribution in [3.8, 4) is 12.3 Å². The van der Waals surface area contributed by atoms with Crippen molar-refractivity contribution < 1.29 is 0 Å². The molecule has 1 heterocycles. The number of nitrogens with zero attached hydrogens (tertiary/aromatic N) is 2. The Morgan fingerprint density at radius 2 is 1.83 bits per heavy atom. The van der Waals surface area contributed by atoms with Crippen molar-refractivity contribution in [2.24, 2.45) is 5.73 Å². The summed E-state index contributed by atoms with van der Waals surface area (Å²) in [5.74, 6) is 3.15. The lowest BCUT2D eigenvalue weighted by molar-refractivity contribution is 0.655. The van der Waals surface area contributed by atoms with Crippen LogP contribution in [0.25, 0.3) is 10.9 Å². The van der Waals surface area contributed by atoms with Crippen LogP contribution in [0.1, 0.15) is 29.8 Å². The molecule has 186 valence electrons. The van der Waals surface area contributed by atoms with Gasteiger partial charge >= 0.3 is 0 Å². The van der Waals surface area contributed by atoms with E-state index >= 15 is 0 Å². The average Bonchev–Trinajstić information content (AvgIpc) is 2.89. The second kappa shape index (κ2) is 14.1. The van der Waals surface area contributed by atoms with Crippen LogP contribution in [0.4, 0.5) is 5.69 Å². The molecule has 4 rings (SSSR count). The van der Waals surface area contributed by atoms with E-state index in [1.165, 1.54) is 15.8 Å². The van der Waals surface area contributed by atoms with Crippen molar-refractivity contribution in [3.05, 3.63) is 105 Å². The van der Waals surface area contributed by atoms with Gasteiger partial charge in [-0.2, -0.15) is 0 Å². The van der Waals surface area contributed by atoms with Crippen LogP contribution in [0, 0.1) is 19.3 Å². The Kier molecular flexibility index (Phi) is 10.5. The van der Waals surface area contributed by atoms with Crippen LogP contribution >= 0.6 is 11.6 Å². The minimum absolute atomic E-state index is 0.178. The molecule has 6 nitrogen and oxygen atoms in total. The van der Waals surface area contributed by atoms with Gasteiger partial charge in [-0.25, -0.2) is 9.66 Å². The number of nitrogens with two attached hydrogens (primary N) is 1. The molecular formula is C29H32ClN5O. The third-order valence-corrected chi connectivity index (χ3v) is 5.65. The van der Waals surface area contributed by atoms with Gasteiger partial charge in [-0.3, -0.25) is 10.2 Å². The zero-order valence-electron chi connectivity index (χ0n) is 20.5. The van der Waals surface area contributed by atoms with E-state index in [1.54, 1.807) is 18.2 Å². The van der Waals surface area contributed by atoms with Crippen molar-refractivity contribution in [3.63, 3.8) is 0 Å². The average molecular weight is 502 g/mol. The maximum Gasteiger partial charge on any atom is 0.280 e. The lowest BCUT2D eigenvalue weighted by atomic mass is 10.1. The molecule has 0 spiro atoms. The quantitative estimate of drug-likeness (QED) is 0.224. The highest BCUT2D eigenvalue weighted by Crippen LogP contribution is 2.16. The number of anilines is 1. The highest BCUT2D eigenvalue weighted by atomic mass is 35.5. The zero-order chi connectivity index (χ0) is 25.8. The topological polar surface area (TPSA) is 85.0 Å². The molecular weight excluding hydrogens is 470 g/mol. The molecule has 36 heavy (non-hydrogen) atoms. The summed E-state index contributed by atoms with van der Waals surface area (Å²) in [5, 5.41) is 4.39. The second-order valence-electron chi connectivity index (χ2n) is 8.32. The summed E-state index contributed by atoms with van der Waals surface area (Å²) in [6.45, 7) is 4.82. The maximum absolute atomic E-state index is 12.8. The summed E-state index contributed by atoms with van der Waals surface area (Å²) in [4.78, 5) is 17.3. The number of halogens is 1. The SMILES string of the molecule is C#CCCc1nc2cc(Cl)ccc2c(=O)n1Nc1ccccc1.Cc1ccc(CNCCCN)cc1. The number of aryl methyl sites for hydroxylation is 2. The normalized spacial score (nSPS) is 10.4. The summed E-state index contributed by atoms with van der Waals surface area (Å²) in [6, 6.07) is 23.1. The Labute approximate surface area is 217 Å². The number of rotatable bonds is 9. The first-order valence-corrected chi connectivity index (χ1v) is 12.3. The first kappa shape index (κ1) is 27.0. The summed E-state index contributed by atoms with van der Waals surface area (Å²) >= 11 is 6.00. The predicted molar refractivity (Wildman–Crippen MR) is 150 cm³/mol. The molecule has 0 aliphatic heterocycles. The molecule has 0 aliphatic rings. The summed E-state index contributed by atoms with van der Waals surface area (Å²) in [7, 11) is 0. The van der Waals surface area contributed by atoms with Gasteiger partial charge in [0, 0.05) is 24.4 Å². The van der Waals surface area contributed by atoms with Crippen LogP contribution in [0.15, 0.2) is 77.6 Å². The van der Waals surface area contributed by atoms with Crippen molar-refractivity contribution in [1.82, 2.24) is 15.0 Å². The molecule has 0 unspecified atom stereocenters. The number of nitrogens with one attached hydrogen (secondary N) is 2. The second-order valence-corrected chi connectivity index (χ2v) is 8.75. The van der Waals surface area contributed by atoms with E-state index in [4.69, 9.17) is 23.8 Å². The van der Waals surface area contributed by atoms with E-state index in [2.05, 4.69) is 52.8 Å². The fourth-order valence-electron chi connectivity index (χ4n) is 3.48. The van der Waals surface area contributed by atoms with Gasteiger partial charge in [-0.1, -0.05) is 59.6 Å². The van der Waals surface area contributed by atoms with E-state index in [9.17, 15) is 4.79 Å². The van der Waals surface area contributed by atoms with Crippen LogP contribution in [-0.2, 0) is 13.0 Å². The van der Waals surface area contributed by atoms with E-state index in [0.717, 1.165) is 31.7 Å². The number of aromatic nitrogens is 2. The van der Waals surface area contributed by atoms with Crippen LogP contribution in [0.5, 0.6) is 0 Å². The molecule has 0 aliphatic carbocycles. The molecule has 0 saturated carbocycles. The van der Waals surface area contributed by atoms with E-state index in [-0.39, 0.29) is 5.56 Å². The molecule has 0 saturated heterocycles. The van der Waals surface area contributed by atoms with Gasteiger partial charge in [-0.15, -0.1) is 12.3 Å². The first-order valence-electron chi connectivity index (χ1n) is 11.9. The molecule has 0 atom stereocenters. The monoisotopic (exact) mass is 501 g/mol. The van der Waals surface area contributed by atoms with Gasteiger partial charge in [0.1, 0.15) is 5.82 Å². The van der Waals surface area contributed by atoms with Crippen molar-refractivity contribution in [2.45, 2.75) is 32.7 Å². The fourth-order valence-corrected chi connectivity index (χ4v) is 3.65. The number of hydrogen-bond donors (Lipinski definition) is 3. The molecule has 0 fully saturated rings. The number of para-hydroxylation sites is 1. The molecule has 0 amide bonds. The fraction of sp³-hybridized carbons (Fsp3) is 0.241. The minimum Gasteiger partial charge on any atom is -0.330 e. The molecule has 0 radical (unpaired) electrons. The van der Waals surface area contributed by atoms with Gasteiger partial charge in [0.2, 0.25) is 0 Å². The number of fused-ring (bicyclic) bond motifs is 1. The molecule has 0 bridgehead atoms. The first-order chi connectivity index (χ1) is 17.5. The maximum atomic E-state index is 12.8. The van der Waals surface area contributed by atoms with E-state index in [1.807, 2.05) is 30.3 Å². The number of terminal acetylenes is 1. The molecule has 4 N–H and O–H groups in total. The Morgan fingerprint density at radius 1 is 1.08 bits per heavy atom. The zero-order valence-corrected chi connectivity index (χ0v) is 21.3. The van der Waals surface area contributed by atoms with Gasteiger partial charge in [-0.05, 0) is 62.3 Å². The van der Waals surface area contributed by atoms with Crippen LogP contribution < -0.4 is 22.0 Å². The Morgan fingerprint density at radius 3 is 2.53 bits per heavy atom. The van der Waals surface area contributed by atoms with E-state index in [0.29, 0.717) is 34.6 Å². The predicted octanol–water partition coefficient (Wildman–Crippen LogP) is 4.92. The molecule has 3 aromatic carbocycles. The van der Waals surface area contributed by atoms with Gasteiger partial charge in [0.05, 0.1) is 16.6 Å². The van der Waals surface area contributed by atoms with Gasteiger partial charge in [0.25, 0.3) is 5.56 Å². The largest absolute Gasteiger partial charge is 0.330 e. The minimum atomic E-state index is -0.178. The lowest BCUT2D eigenvalue weighted by Gasteiger charge is -2.15. The standard InChI is InChI=1S/C18H14ClN3O.C11H18N2/c1-2-3-9-17-20-16-12-13(19)10-11-15(16)18(23)22(17)21-14-7-5-4-6-8-14;1-10-3-5-11(6-4-10)9-13-8-2-7-12/h1,4-8,10-12,21H,3,9H2;3-6,13H,2,7-9,12H2,1H3. The third-order valence-electron chi connectivity index (χ3n) is 5.42. The summed E-state index contributed by atoms with van der Waals surface area (Å²) < 4.78 is 1.45. The van der Waals surface area contributed by atoms with Gasteiger partial charge in [0.15, 0.2) is 0 Å². The van der Waals surface area contributed by atoms with Crippen LogP contribution in [-0.4, -0.2) is 22.7 Å². The lowest BCUT2D eigenvalue weighted by Crippen LogP contribution is -2.30. The molecule has 4 aromatic rings. The van der Waals surface area contributed by atoms with Crippen LogP contribution in [0.2, 0.25) is 5.02 Å². The highest BCUT2D eigenvalue weighted by Gasteiger charge is 2.11. The number of benzene rings is 3. The third kappa shape index (κ3) is 7.96. The number of hydrogen-bond acceptors (Lipinski definition) is 5. The summed E-state index contributed by atoms with van der Waals surface area (Å²) in [5.41, 5.74) is 12.3. The molecule has 1 aromatic heterocycles. The van der Waals surface area contributed by atoms with Gasteiger partial charge < -0.3 is 11.1 Å². The smallest absolute Gasteiger partial charge is 0.280 e. The molecule has 7 heteroatoms. The van der Waals surface area contributed by atoms with E-state index < -0.39 is 0 Å². The summed E-state index contributed by atoms with van der Waals surface area (Å²) in [6.07, 6.45) is 7.38. The van der Waals surface area contributed by atoms with Crippen molar-refractivity contribution in [2.75, 3.05) is 18.5 Å². The Hall–Kier alpha value is -3.63.